The maximum atomic E-state index is 13.1. The number of aromatic nitrogens is 1. The third-order valence-corrected chi connectivity index (χ3v) is 5.60. The second-order valence-corrected chi connectivity index (χ2v) is 7.96. The first-order valence-corrected chi connectivity index (χ1v) is 10.5. The van der Waals surface area contributed by atoms with Crippen molar-refractivity contribution in [3.8, 4) is 5.75 Å². The molecule has 0 radical (unpaired) electrons. The maximum Gasteiger partial charge on any atom is 0.256 e. The Labute approximate surface area is 195 Å². The molecule has 0 spiro atoms. The van der Waals surface area contributed by atoms with E-state index in [-0.39, 0.29) is 24.3 Å². The molecule has 3 aromatic rings. The van der Waals surface area contributed by atoms with Gasteiger partial charge in [0.25, 0.3) is 11.8 Å². The van der Waals surface area contributed by atoms with Crippen molar-refractivity contribution in [1.82, 2.24) is 9.88 Å². The number of amides is 3. The molecule has 2 heterocycles. The number of hydrogen-bond donors (Lipinski definition) is 2. The molecule has 2 aromatic carbocycles. The van der Waals surface area contributed by atoms with E-state index in [0.717, 1.165) is 5.56 Å². The molecule has 8 nitrogen and oxygen atoms in total. The van der Waals surface area contributed by atoms with Crippen LogP contribution in [0.2, 0.25) is 5.02 Å². The second-order valence-electron chi connectivity index (χ2n) is 7.52. The summed E-state index contributed by atoms with van der Waals surface area (Å²) in [5, 5.41) is 5.91. The fourth-order valence-corrected chi connectivity index (χ4v) is 3.62. The Morgan fingerprint density at radius 2 is 1.91 bits per heavy atom. The average Bonchev–Trinajstić information content (AvgIpc) is 2.90. The first kappa shape index (κ1) is 22.3. The van der Waals surface area contributed by atoms with Crippen molar-refractivity contribution < 1.29 is 19.1 Å². The van der Waals surface area contributed by atoms with Gasteiger partial charge >= 0.3 is 0 Å². The third kappa shape index (κ3) is 4.80. The molecule has 168 valence electrons. The zero-order valence-electron chi connectivity index (χ0n) is 18.0. The first-order chi connectivity index (χ1) is 15.9. The van der Waals surface area contributed by atoms with Crippen LogP contribution in [0.15, 0.2) is 60.8 Å². The predicted octanol–water partition coefficient (Wildman–Crippen LogP) is 3.98. The summed E-state index contributed by atoms with van der Waals surface area (Å²) in [6, 6.07) is 14.3. The summed E-state index contributed by atoms with van der Waals surface area (Å²) in [5.74, 6) is 0.101. The van der Waals surface area contributed by atoms with Gasteiger partial charge in [-0.15, -0.1) is 0 Å². The number of ether oxygens (including phenoxy) is 1. The third-order valence-electron chi connectivity index (χ3n) is 5.36. The van der Waals surface area contributed by atoms with Crippen molar-refractivity contribution >= 4 is 40.8 Å². The van der Waals surface area contributed by atoms with E-state index >= 15 is 0 Å². The highest BCUT2D eigenvalue weighted by molar-refractivity contribution is 6.31. The number of nitrogens with zero attached hydrogens (tertiary/aromatic N) is 2. The van der Waals surface area contributed by atoms with E-state index < -0.39 is 6.04 Å². The number of hydrogen-bond acceptors (Lipinski definition) is 5. The van der Waals surface area contributed by atoms with E-state index in [1.54, 1.807) is 61.5 Å². The number of methoxy groups -OCH3 is 1. The quantitative estimate of drug-likeness (QED) is 0.594. The van der Waals surface area contributed by atoms with Crippen LogP contribution in [0.1, 0.15) is 33.2 Å². The molecule has 1 aliphatic rings. The number of nitrogens with one attached hydrogen (secondary N) is 2. The maximum absolute atomic E-state index is 13.1. The van der Waals surface area contributed by atoms with Gasteiger partial charge in [0.05, 0.1) is 24.6 Å². The standard InChI is InChI=1S/C24H21ClN4O4/c1-14-22(30)27-20-11-17(25)7-9-19(20)24(32)29(14)13-15-3-5-16(6-4-15)23(31)28-21-10-8-18(33-2)12-26-21/h3-12,14H,13H2,1-2H3,(H,27,30)(H,26,28,31). The molecule has 0 aliphatic carbocycles. The molecule has 33 heavy (non-hydrogen) atoms. The van der Waals surface area contributed by atoms with Gasteiger partial charge in [-0.2, -0.15) is 0 Å². The molecule has 0 bridgehead atoms. The lowest BCUT2D eigenvalue weighted by Crippen LogP contribution is -2.42. The summed E-state index contributed by atoms with van der Waals surface area (Å²) >= 11 is 6.01. The number of carbonyl (C=O) groups excluding carboxylic acids is 3. The zero-order chi connectivity index (χ0) is 23.5. The molecular formula is C24H21ClN4O4. The van der Waals surface area contributed by atoms with Crippen molar-refractivity contribution in [1.29, 1.82) is 0 Å². The number of carbonyl (C=O) groups is 3. The van der Waals surface area contributed by atoms with Gasteiger partial charge in [-0.05, 0) is 55.0 Å². The van der Waals surface area contributed by atoms with Gasteiger partial charge < -0.3 is 20.3 Å². The Morgan fingerprint density at radius 1 is 1.15 bits per heavy atom. The highest BCUT2D eigenvalue weighted by atomic mass is 35.5. The molecule has 1 unspecified atom stereocenters. The van der Waals surface area contributed by atoms with E-state index in [9.17, 15) is 14.4 Å². The van der Waals surface area contributed by atoms with Crippen LogP contribution in [0.3, 0.4) is 0 Å². The van der Waals surface area contributed by atoms with Crippen LogP contribution in [0.4, 0.5) is 11.5 Å². The van der Waals surface area contributed by atoms with Gasteiger partial charge in [0, 0.05) is 17.1 Å². The number of pyridine rings is 1. The van der Waals surface area contributed by atoms with Gasteiger partial charge in [-0.1, -0.05) is 23.7 Å². The number of rotatable bonds is 5. The SMILES string of the molecule is COc1ccc(NC(=O)c2ccc(CN3C(=O)c4ccc(Cl)cc4NC(=O)C3C)cc2)nc1. The van der Waals surface area contributed by atoms with Crippen molar-refractivity contribution in [3.05, 3.63) is 82.5 Å². The van der Waals surface area contributed by atoms with Gasteiger partial charge in [0.2, 0.25) is 5.91 Å². The van der Waals surface area contributed by atoms with Gasteiger partial charge in [-0.25, -0.2) is 4.98 Å². The highest BCUT2D eigenvalue weighted by Gasteiger charge is 2.32. The molecule has 4 rings (SSSR count). The molecule has 0 saturated heterocycles. The summed E-state index contributed by atoms with van der Waals surface area (Å²) in [6.07, 6.45) is 1.51. The number of anilines is 2. The largest absolute Gasteiger partial charge is 0.495 e. The molecule has 2 N–H and O–H groups in total. The molecule has 0 fully saturated rings. The molecule has 9 heteroatoms. The van der Waals surface area contributed by atoms with Crippen LogP contribution in [0.25, 0.3) is 0 Å². The fourth-order valence-electron chi connectivity index (χ4n) is 3.45. The molecule has 1 aromatic heterocycles. The average molecular weight is 465 g/mol. The summed E-state index contributed by atoms with van der Waals surface area (Å²) in [4.78, 5) is 43.8. The molecule has 0 saturated carbocycles. The van der Waals surface area contributed by atoms with Crippen molar-refractivity contribution in [3.63, 3.8) is 0 Å². The Kier molecular flexibility index (Phi) is 6.28. The fraction of sp³-hybridized carbons (Fsp3) is 0.167. The molecule has 1 atom stereocenters. The minimum atomic E-state index is -0.687. The summed E-state index contributed by atoms with van der Waals surface area (Å²) in [5.41, 5.74) is 1.98. The van der Waals surface area contributed by atoms with E-state index in [2.05, 4.69) is 15.6 Å². The molecule has 1 aliphatic heterocycles. The highest BCUT2D eigenvalue weighted by Crippen LogP contribution is 2.27. The number of fused-ring (bicyclic) bond motifs is 1. The van der Waals surface area contributed by atoms with Crippen molar-refractivity contribution in [2.24, 2.45) is 0 Å². The van der Waals surface area contributed by atoms with Gasteiger partial charge in [-0.3, -0.25) is 14.4 Å². The smallest absolute Gasteiger partial charge is 0.256 e. The van der Waals surface area contributed by atoms with Crippen LogP contribution in [-0.2, 0) is 11.3 Å². The van der Waals surface area contributed by atoms with Crippen LogP contribution >= 0.6 is 11.6 Å². The Bertz CT molecular complexity index is 1210. The Hall–Kier alpha value is -3.91. The second kappa shape index (κ2) is 9.30. The zero-order valence-corrected chi connectivity index (χ0v) is 18.7. The minimum Gasteiger partial charge on any atom is -0.495 e. The van der Waals surface area contributed by atoms with E-state index in [1.165, 1.54) is 18.2 Å². The van der Waals surface area contributed by atoms with E-state index in [4.69, 9.17) is 16.3 Å². The first-order valence-electron chi connectivity index (χ1n) is 10.2. The van der Waals surface area contributed by atoms with Crippen molar-refractivity contribution in [2.75, 3.05) is 17.7 Å². The van der Waals surface area contributed by atoms with Crippen LogP contribution < -0.4 is 15.4 Å². The number of benzene rings is 2. The topological polar surface area (TPSA) is 101 Å². The lowest BCUT2D eigenvalue weighted by atomic mass is 10.1. The van der Waals surface area contributed by atoms with Crippen molar-refractivity contribution in [2.45, 2.75) is 19.5 Å². The summed E-state index contributed by atoms with van der Waals surface area (Å²) < 4.78 is 5.05. The normalized spacial score (nSPS) is 15.4. The van der Waals surface area contributed by atoms with Crippen LogP contribution in [-0.4, -0.2) is 40.8 Å². The molecular weight excluding hydrogens is 444 g/mol. The van der Waals surface area contributed by atoms with Gasteiger partial charge in [0.15, 0.2) is 0 Å². The van der Waals surface area contributed by atoms with E-state index in [0.29, 0.717) is 33.4 Å². The monoisotopic (exact) mass is 464 g/mol. The van der Waals surface area contributed by atoms with Crippen LogP contribution in [0.5, 0.6) is 5.75 Å². The lowest BCUT2D eigenvalue weighted by molar-refractivity contribution is -0.120. The Balaban J connectivity index is 1.49. The minimum absolute atomic E-state index is 0.206. The summed E-state index contributed by atoms with van der Waals surface area (Å²) in [7, 11) is 1.54. The van der Waals surface area contributed by atoms with Gasteiger partial charge in [0.1, 0.15) is 17.6 Å². The summed E-state index contributed by atoms with van der Waals surface area (Å²) in [6.45, 7) is 1.88. The predicted molar refractivity (Wildman–Crippen MR) is 125 cm³/mol. The lowest BCUT2D eigenvalue weighted by Gasteiger charge is -2.26. The van der Waals surface area contributed by atoms with E-state index in [1.807, 2.05) is 0 Å². The molecule has 3 amide bonds. The number of halogens is 1. The van der Waals surface area contributed by atoms with Crippen LogP contribution in [0, 0.1) is 0 Å². The Morgan fingerprint density at radius 3 is 2.58 bits per heavy atom.